The Balaban J connectivity index is 2.53. The minimum absolute atomic E-state index is 0.0164. The molecule has 0 heterocycles. The molecular weight excluding hydrogens is 260 g/mol. The molecule has 0 fully saturated rings. The fourth-order valence-electron chi connectivity index (χ4n) is 1.65. The van der Waals surface area contributed by atoms with Crippen molar-refractivity contribution in [1.82, 2.24) is 0 Å². The van der Waals surface area contributed by atoms with Gasteiger partial charge in [0.1, 0.15) is 6.79 Å². The van der Waals surface area contributed by atoms with Crippen LogP contribution in [0.25, 0.3) is 0 Å². The van der Waals surface area contributed by atoms with Crippen molar-refractivity contribution in [3.05, 3.63) is 35.9 Å². The van der Waals surface area contributed by atoms with E-state index < -0.39 is 18.2 Å². The lowest BCUT2D eigenvalue weighted by Gasteiger charge is -2.22. The van der Waals surface area contributed by atoms with Crippen LogP contribution < -0.4 is 0 Å². The molecule has 1 rings (SSSR count). The Morgan fingerprint density at radius 3 is 2.50 bits per heavy atom. The van der Waals surface area contributed by atoms with Gasteiger partial charge in [-0.1, -0.05) is 30.3 Å². The van der Waals surface area contributed by atoms with Crippen LogP contribution in [-0.2, 0) is 30.3 Å². The van der Waals surface area contributed by atoms with Crippen molar-refractivity contribution in [2.45, 2.75) is 32.7 Å². The molecule has 0 aromatic heterocycles. The lowest BCUT2D eigenvalue weighted by molar-refractivity contribution is -0.179. The predicted octanol–water partition coefficient (Wildman–Crippen LogP) is 2.14. The van der Waals surface area contributed by atoms with E-state index in [0.717, 1.165) is 5.56 Å². The fourth-order valence-corrected chi connectivity index (χ4v) is 1.65. The summed E-state index contributed by atoms with van der Waals surface area (Å²) in [7, 11) is 1.50. The van der Waals surface area contributed by atoms with Crippen LogP contribution >= 0.6 is 0 Å². The fraction of sp³-hybridized carbons (Fsp3) is 0.533. The second-order valence-corrected chi connectivity index (χ2v) is 4.25. The van der Waals surface area contributed by atoms with Gasteiger partial charge in [-0.05, 0) is 19.4 Å². The summed E-state index contributed by atoms with van der Waals surface area (Å²) in [5, 5.41) is 0. The first-order valence-electron chi connectivity index (χ1n) is 6.61. The van der Waals surface area contributed by atoms with E-state index in [1.54, 1.807) is 13.8 Å². The molecule has 0 aliphatic carbocycles. The molecule has 0 saturated heterocycles. The molecule has 112 valence electrons. The summed E-state index contributed by atoms with van der Waals surface area (Å²) in [5.74, 6) is -0.440. The van der Waals surface area contributed by atoms with Crippen LogP contribution in [0.5, 0.6) is 0 Å². The standard InChI is InChI=1S/C15H22O5/c1-4-18-15(16)14(20-11-17-3)12(2)19-10-13-8-6-5-7-9-13/h5-9,12,14H,4,10-11H2,1-3H3/t12-,14+/m0/s1. The maximum atomic E-state index is 11.8. The van der Waals surface area contributed by atoms with E-state index in [1.807, 2.05) is 30.3 Å². The van der Waals surface area contributed by atoms with Gasteiger partial charge in [0.15, 0.2) is 6.10 Å². The number of benzene rings is 1. The van der Waals surface area contributed by atoms with Crippen molar-refractivity contribution < 1.29 is 23.7 Å². The van der Waals surface area contributed by atoms with Gasteiger partial charge < -0.3 is 18.9 Å². The maximum Gasteiger partial charge on any atom is 0.338 e. The molecule has 0 unspecified atom stereocenters. The highest BCUT2D eigenvalue weighted by Gasteiger charge is 2.28. The van der Waals surface area contributed by atoms with Crippen molar-refractivity contribution >= 4 is 5.97 Å². The second kappa shape index (κ2) is 9.47. The normalized spacial score (nSPS) is 13.8. The summed E-state index contributed by atoms with van der Waals surface area (Å²) in [6, 6.07) is 9.74. The summed E-state index contributed by atoms with van der Waals surface area (Å²) in [6.07, 6.45) is -1.22. The van der Waals surface area contributed by atoms with Crippen LogP contribution in [0.15, 0.2) is 30.3 Å². The Kier molecular flexibility index (Phi) is 7.87. The smallest absolute Gasteiger partial charge is 0.338 e. The van der Waals surface area contributed by atoms with Gasteiger partial charge in [0.25, 0.3) is 0 Å². The number of hydrogen-bond acceptors (Lipinski definition) is 5. The zero-order valence-electron chi connectivity index (χ0n) is 12.2. The Morgan fingerprint density at radius 2 is 1.90 bits per heavy atom. The molecule has 0 aliphatic heterocycles. The molecule has 5 nitrogen and oxygen atoms in total. The first kappa shape index (κ1) is 16.6. The van der Waals surface area contributed by atoms with Crippen LogP contribution in [0.3, 0.4) is 0 Å². The molecule has 0 amide bonds. The first-order chi connectivity index (χ1) is 9.69. The topological polar surface area (TPSA) is 54.0 Å². The van der Waals surface area contributed by atoms with E-state index in [9.17, 15) is 4.79 Å². The third-order valence-electron chi connectivity index (χ3n) is 2.67. The highest BCUT2D eigenvalue weighted by atomic mass is 16.7. The van der Waals surface area contributed by atoms with Crippen molar-refractivity contribution in [2.75, 3.05) is 20.5 Å². The highest BCUT2D eigenvalue weighted by molar-refractivity contribution is 5.75. The number of esters is 1. The summed E-state index contributed by atoms with van der Waals surface area (Å²) < 4.78 is 20.8. The number of ether oxygens (including phenoxy) is 4. The third kappa shape index (κ3) is 5.69. The van der Waals surface area contributed by atoms with Gasteiger partial charge in [-0.15, -0.1) is 0 Å². The van der Waals surface area contributed by atoms with Crippen molar-refractivity contribution in [3.8, 4) is 0 Å². The maximum absolute atomic E-state index is 11.8. The molecule has 0 spiro atoms. The van der Waals surface area contributed by atoms with Crippen LogP contribution in [0.2, 0.25) is 0 Å². The number of carbonyl (C=O) groups excluding carboxylic acids is 1. The molecule has 1 aromatic carbocycles. The summed E-state index contributed by atoms with van der Waals surface area (Å²) in [5.41, 5.74) is 1.04. The van der Waals surface area contributed by atoms with Crippen molar-refractivity contribution in [2.24, 2.45) is 0 Å². The molecule has 2 atom stereocenters. The largest absolute Gasteiger partial charge is 0.464 e. The van der Waals surface area contributed by atoms with Crippen LogP contribution in [0, 0.1) is 0 Å². The van der Waals surface area contributed by atoms with E-state index in [1.165, 1.54) is 7.11 Å². The summed E-state index contributed by atoms with van der Waals surface area (Å²) in [6.45, 7) is 4.26. The second-order valence-electron chi connectivity index (χ2n) is 4.25. The number of rotatable bonds is 9. The number of hydrogen-bond donors (Lipinski definition) is 0. The molecule has 20 heavy (non-hydrogen) atoms. The Hall–Kier alpha value is -1.43. The number of carbonyl (C=O) groups is 1. The van der Waals surface area contributed by atoms with E-state index in [2.05, 4.69) is 0 Å². The highest BCUT2D eigenvalue weighted by Crippen LogP contribution is 2.10. The predicted molar refractivity (Wildman–Crippen MR) is 74.1 cm³/mol. The summed E-state index contributed by atoms with van der Waals surface area (Å²) >= 11 is 0. The zero-order chi connectivity index (χ0) is 14.8. The quantitative estimate of drug-likeness (QED) is 0.513. The molecule has 0 aliphatic rings. The lowest BCUT2D eigenvalue weighted by Crippen LogP contribution is -2.38. The van der Waals surface area contributed by atoms with Crippen LogP contribution in [0.1, 0.15) is 19.4 Å². The monoisotopic (exact) mass is 282 g/mol. The molecule has 0 bridgehead atoms. The third-order valence-corrected chi connectivity index (χ3v) is 2.67. The Bertz CT molecular complexity index is 379. The molecule has 0 N–H and O–H groups in total. The first-order valence-corrected chi connectivity index (χ1v) is 6.61. The van der Waals surface area contributed by atoms with E-state index in [0.29, 0.717) is 13.2 Å². The van der Waals surface area contributed by atoms with Gasteiger partial charge in [0.05, 0.1) is 19.3 Å². The van der Waals surface area contributed by atoms with Gasteiger partial charge >= 0.3 is 5.97 Å². The summed E-state index contributed by atoms with van der Waals surface area (Å²) in [4.78, 5) is 11.8. The lowest BCUT2D eigenvalue weighted by atomic mass is 10.2. The van der Waals surface area contributed by atoms with E-state index in [4.69, 9.17) is 18.9 Å². The van der Waals surface area contributed by atoms with Gasteiger partial charge in [-0.3, -0.25) is 0 Å². The van der Waals surface area contributed by atoms with Crippen molar-refractivity contribution in [3.63, 3.8) is 0 Å². The average Bonchev–Trinajstić information content (AvgIpc) is 2.47. The SMILES string of the molecule is CCOC(=O)[C@H](OCOC)[C@H](C)OCc1ccccc1. The molecular formula is C15H22O5. The molecule has 1 aromatic rings. The van der Waals surface area contributed by atoms with E-state index >= 15 is 0 Å². The van der Waals surface area contributed by atoms with Gasteiger partial charge in [-0.25, -0.2) is 4.79 Å². The Morgan fingerprint density at radius 1 is 1.20 bits per heavy atom. The van der Waals surface area contributed by atoms with Crippen molar-refractivity contribution in [1.29, 1.82) is 0 Å². The van der Waals surface area contributed by atoms with Crippen LogP contribution in [-0.4, -0.2) is 38.7 Å². The van der Waals surface area contributed by atoms with E-state index in [-0.39, 0.29) is 6.79 Å². The van der Waals surface area contributed by atoms with Crippen LogP contribution in [0.4, 0.5) is 0 Å². The van der Waals surface area contributed by atoms with Gasteiger partial charge in [0, 0.05) is 7.11 Å². The minimum atomic E-state index is -0.793. The Labute approximate surface area is 119 Å². The molecule has 0 saturated carbocycles. The van der Waals surface area contributed by atoms with Gasteiger partial charge in [0.2, 0.25) is 0 Å². The zero-order valence-corrected chi connectivity index (χ0v) is 12.2. The minimum Gasteiger partial charge on any atom is -0.464 e. The number of methoxy groups -OCH3 is 1. The average molecular weight is 282 g/mol. The molecule has 0 radical (unpaired) electrons. The molecule has 5 heteroatoms. The van der Waals surface area contributed by atoms with Gasteiger partial charge in [-0.2, -0.15) is 0 Å².